The third-order valence-corrected chi connectivity index (χ3v) is 4.45. The number of hydrogen-bond donors (Lipinski definition) is 1. The topological polar surface area (TPSA) is 55.6 Å². The molecule has 1 aromatic heterocycles. The van der Waals surface area contributed by atoms with E-state index in [9.17, 15) is 4.79 Å². The Balaban J connectivity index is 1.71. The highest BCUT2D eigenvalue weighted by atomic mass is 35.5. The van der Waals surface area contributed by atoms with E-state index in [1.165, 1.54) is 0 Å². The summed E-state index contributed by atoms with van der Waals surface area (Å²) in [5, 5.41) is 4.45. The number of benzene rings is 2. The van der Waals surface area contributed by atoms with Gasteiger partial charge in [-0.1, -0.05) is 17.7 Å². The van der Waals surface area contributed by atoms with Crippen molar-refractivity contribution in [2.24, 2.45) is 5.10 Å². The first-order chi connectivity index (χ1) is 13.0. The monoisotopic (exact) mass is 381 g/mol. The van der Waals surface area contributed by atoms with E-state index >= 15 is 0 Å². The average Bonchev–Trinajstić information content (AvgIpc) is 3.02. The molecule has 1 N–H and O–H groups in total. The van der Waals surface area contributed by atoms with Gasteiger partial charge in [-0.15, -0.1) is 0 Å². The maximum atomic E-state index is 12.2. The van der Waals surface area contributed by atoms with Gasteiger partial charge in [0.05, 0.1) is 23.9 Å². The zero-order valence-corrected chi connectivity index (χ0v) is 16.1. The summed E-state index contributed by atoms with van der Waals surface area (Å²) in [7, 11) is 1.64. The molecule has 27 heavy (non-hydrogen) atoms. The normalized spacial score (nSPS) is 11.0. The van der Waals surface area contributed by atoms with Crippen LogP contribution >= 0.6 is 11.6 Å². The Morgan fingerprint density at radius 1 is 1.15 bits per heavy atom. The highest BCUT2D eigenvalue weighted by molar-refractivity contribution is 6.33. The molecular formula is C21H20ClN3O2. The average molecular weight is 382 g/mol. The first-order valence-electron chi connectivity index (χ1n) is 8.41. The Morgan fingerprint density at radius 3 is 2.56 bits per heavy atom. The summed E-state index contributed by atoms with van der Waals surface area (Å²) in [6.07, 6.45) is 3.55. The maximum Gasteiger partial charge on any atom is 0.272 e. The molecule has 0 atom stereocenters. The highest BCUT2D eigenvalue weighted by Gasteiger charge is 2.09. The number of nitrogens with one attached hydrogen (secondary N) is 1. The molecule has 0 saturated heterocycles. The lowest BCUT2D eigenvalue weighted by molar-refractivity contribution is 0.0955. The predicted molar refractivity (Wildman–Crippen MR) is 108 cm³/mol. The molecule has 0 aliphatic rings. The molecule has 0 fully saturated rings. The third kappa shape index (κ3) is 4.38. The number of methoxy groups -OCH3 is 1. The number of carbonyl (C=O) groups is 1. The van der Waals surface area contributed by atoms with Crippen LogP contribution in [-0.2, 0) is 0 Å². The second-order valence-electron chi connectivity index (χ2n) is 6.17. The number of aryl methyl sites for hydroxylation is 2. The molecule has 0 aliphatic carbocycles. The summed E-state index contributed by atoms with van der Waals surface area (Å²) in [5.74, 6) is 0.463. The van der Waals surface area contributed by atoms with Crippen LogP contribution in [0.25, 0.3) is 5.69 Å². The van der Waals surface area contributed by atoms with Gasteiger partial charge < -0.3 is 9.30 Å². The zero-order valence-electron chi connectivity index (χ0n) is 15.4. The second-order valence-corrected chi connectivity index (χ2v) is 6.57. The molecule has 3 rings (SSSR count). The molecule has 2 aromatic carbocycles. The summed E-state index contributed by atoms with van der Waals surface area (Å²) in [5.41, 5.74) is 6.84. The lowest BCUT2D eigenvalue weighted by Gasteiger charge is -2.06. The van der Waals surface area contributed by atoms with Gasteiger partial charge >= 0.3 is 0 Å². The predicted octanol–water partition coefficient (Wildman–Crippen LogP) is 4.52. The van der Waals surface area contributed by atoms with E-state index in [4.69, 9.17) is 16.3 Å². The van der Waals surface area contributed by atoms with Gasteiger partial charge in [-0.25, -0.2) is 5.43 Å². The van der Waals surface area contributed by atoms with E-state index in [0.717, 1.165) is 28.3 Å². The Kier molecular flexibility index (Phi) is 5.62. The molecule has 138 valence electrons. The van der Waals surface area contributed by atoms with Crippen molar-refractivity contribution in [3.05, 3.63) is 82.1 Å². The third-order valence-electron chi connectivity index (χ3n) is 4.13. The standard InChI is InChI=1S/C21H20ClN3O2/c1-14-4-9-19(20(22)10-14)21(26)24-23-12-16-11-15(2)25(13-16)17-5-7-18(27-3)8-6-17/h4-13H,1-3H3,(H,24,26)/b23-12-. The summed E-state index contributed by atoms with van der Waals surface area (Å²) >= 11 is 6.11. The number of rotatable bonds is 5. The lowest BCUT2D eigenvalue weighted by atomic mass is 10.1. The molecule has 0 spiro atoms. The first kappa shape index (κ1) is 18.7. The molecule has 1 heterocycles. The van der Waals surface area contributed by atoms with Crippen molar-refractivity contribution in [2.75, 3.05) is 7.11 Å². The largest absolute Gasteiger partial charge is 0.497 e. The number of hydrogen-bond acceptors (Lipinski definition) is 3. The van der Waals surface area contributed by atoms with Crippen molar-refractivity contribution in [1.29, 1.82) is 0 Å². The van der Waals surface area contributed by atoms with E-state index in [1.54, 1.807) is 25.5 Å². The number of hydrazone groups is 1. The van der Waals surface area contributed by atoms with Crippen LogP contribution < -0.4 is 10.2 Å². The van der Waals surface area contributed by atoms with Crippen molar-refractivity contribution >= 4 is 23.7 Å². The summed E-state index contributed by atoms with van der Waals surface area (Å²) in [6, 6.07) is 15.0. The number of carbonyl (C=O) groups excluding carboxylic acids is 1. The lowest BCUT2D eigenvalue weighted by Crippen LogP contribution is -2.18. The van der Waals surface area contributed by atoms with Gasteiger partial charge in [0.15, 0.2) is 0 Å². The van der Waals surface area contributed by atoms with Gasteiger partial charge in [-0.3, -0.25) is 4.79 Å². The fraction of sp³-hybridized carbons (Fsp3) is 0.143. The van der Waals surface area contributed by atoms with Crippen LogP contribution in [0.15, 0.2) is 59.8 Å². The molecular weight excluding hydrogens is 362 g/mol. The smallest absolute Gasteiger partial charge is 0.272 e. The SMILES string of the molecule is COc1ccc(-n2cc(/C=N\NC(=O)c3ccc(C)cc3Cl)cc2C)cc1. The minimum atomic E-state index is -0.345. The summed E-state index contributed by atoms with van der Waals surface area (Å²) in [4.78, 5) is 12.2. The van der Waals surface area contributed by atoms with Crippen LogP contribution in [0.2, 0.25) is 5.02 Å². The molecule has 0 saturated carbocycles. The number of amides is 1. The molecule has 1 amide bonds. The molecule has 0 aliphatic heterocycles. The minimum absolute atomic E-state index is 0.345. The van der Waals surface area contributed by atoms with Gasteiger partial charge in [-0.05, 0) is 61.9 Å². The van der Waals surface area contributed by atoms with Gasteiger partial charge in [0.1, 0.15) is 5.75 Å². The molecule has 5 nitrogen and oxygen atoms in total. The van der Waals surface area contributed by atoms with Crippen LogP contribution in [0.5, 0.6) is 5.75 Å². The van der Waals surface area contributed by atoms with E-state index in [-0.39, 0.29) is 5.91 Å². The van der Waals surface area contributed by atoms with E-state index in [1.807, 2.05) is 61.0 Å². The van der Waals surface area contributed by atoms with Crippen molar-refractivity contribution < 1.29 is 9.53 Å². The molecule has 6 heteroatoms. The Hall–Kier alpha value is -3.05. The van der Waals surface area contributed by atoms with Gasteiger partial charge in [0, 0.05) is 23.1 Å². The van der Waals surface area contributed by atoms with Crippen molar-refractivity contribution in [3.63, 3.8) is 0 Å². The highest BCUT2D eigenvalue weighted by Crippen LogP contribution is 2.19. The quantitative estimate of drug-likeness (QED) is 0.521. The van der Waals surface area contributed by atoms with Crippen LogP contribution in [-0.4, -0.2) is 23.8 Å². The molecule has 3 aromatic rings. The van der Waals surface area contributed by atoms with Crippen LogP contribution in [0.1, 0.15) is 27.2 Å². The fourth-order valence-corrected chi connectivity index (χ4v) is 3.04. The Morgan fingerprint density at radius 2 is 1.89 bits per heavy atom. The number of aromatic nitrogens is 1. The van der Waals surface area contributed by atoms with Crippen LogP contribution in [0.4, 0.5) is 0 Å². The van der Waals surface area contributed by atoms with Gasteiger partial charge in [0.2, 0.25) is 0 Å². The van der Waals surface area contributed by atoms with E-state index in [2.05, 4.69) is 10.5 Å². The maximum absolute atomic E-state index is 12.2. The van der Waals surface area contributed by atoms with Crippen LogP contribution in [0.3, 0.4) is 0 Å². The number of halogens is 1. The Bertz CT molecular complexity index is 991. The van der Waals surface area contributed by atoms with Crippen molar-refractivity contribution in [2.45, 2.75) is 13.8 Å². The molecule has 0 radical (unpaired) electrons. The molecule has 0 bridgehead atoms. The zero-order chi connectivity index (χ0) is 19.4. The van der Waals surface area contributed by atoms with Crippen LogP contribution in [0, 0.1) is 13.8 Å². The first-order valence-corrected chi connectivity index (χ1v) is 8.78. The molecule has 0 unspecified atom stereocenters. The van der Waals surface area contributed by atoms with Gasteiger partial charge in [0.25, 0.3) is 5.91 Å². The number of nitrogens with zero attached hydrogens (tertiary/aromatic N) is 2. The minimum Gasteiger partial charge on any atom is -0.497 e. The van der Waals surface area contributed by atoms with Crippen molar-refractivity contribution in [3.8, 4) is 11.4 Å². The van der Waals surface area contributed by atoms with E-state index in [0.29, 0.717) is 10.6 Å². The second kappa shape index (κ2) is 8.10. The number of ether oxygens (including phenoxy) is 1. The van der Waals surface area contributed by atoms with Crippen molar-refractivity contribution in [1.82, 2.24) is 9.99 Å². The summed E-state index contributed by atoms with van der Waals surface area (Å²) < 4.78 is 7.23. The van der Waals surface area contributed by atoms with E-state index < -0.39 is 0 Å². The fourth-order valence-electron chi connectivity index (χ4n) is 2.72. The van der Waals surface area contributed by atoms with Gasteiger partial charge in [-0.2, -0.15) is 5.10 Å². The summed E-state index contributed by atoms with van der Waals surface area (Å²) in [6.45, 7) is 3.92. The Labute approximate surface area is 163 Å².